The Labute approximate surface area is 103 Å². The van der Waals surface area contributed by atoms with Crippen LogP contribution in [0.3, 0.4) is 0 Å². The monoisotopic (exact) mass is 251 g/mol. The lowest BCUT2D eigenvalue weighted by atomic mass is 9.95. The molecule has 96 valence electrons. The van der Waals surface area contributed by atoms with Crippen molar-refractivity contribution in [2.24, 2.45) is 5.92 Å². The Kier molecular flexibility index (Phi) is 3.73. The minimum atomic E-state index is -1.14. The smallest absolute Gasteiger partial charge is 0.267 e. The molecule has 2 unspecified atom stereocenters. The maximum atomic E-state index is 11.7. The Bertz CT molecular complexity index is 437. The highest BCUT2D eigenvalue weighted by atomic mass is 16.7. The Hall–Kier alpha value is -2.15. The predicted molar refractivity (Wildman–Crippen MR) is 60.1 cm³/mol. The van der Waals surface area contributed by atoms with E-state index in [9.17, 15) is 14.7 Å². The second-order valence-corrected chi connectivity index (χ2v) is 3.88. The summed E-state index contributed by atoms with van der Waals surface area (Å²) >= 11 is 0. The van der Waals surface area contributed by atoms with Gasteiger partial charge in [0, 0.05) is 31.1 Å². The van der Waals surface area contributed by atoms with Gasteiger partial charge in [-0.1, -0.05) is 0 Å². The average molecular weight is 251 g/mol. The van der Waals surface area contributed by atoms with Crippen molar-refractivity contribution in [3.63, 3.8) is 0 Å². The first-order valence-corrected chi connectivity index (χ1v) is 5.51. The summed E-state index contributed by atoms with van der Waals surface area (Å²) in [5.41, 5.74) is 2.14. The van der Waals surface area contributed by atoms with Crippen molar-refractivity contribution >= 4 is 11.8 Å². The number of hydroxylamine groups is 1. The molecule has 2 rings (SSSR count). The lowest BCUT2D eigenvalue weighted by Gasteiger charge is -2.25. The number of aliphatic hydroxyl groups excluding tert-OH is 1. The summed E-state index contributed by atoms with van der Waals surface area (Å²) in [6.07, 6.45) is 2.37. The second kappa shape index (κ2) is 5.46. The van der Waals surface area contributed by atoms with Gasteiger partial charge in [-0.2, -0.15) is 5.48 Å². The van der Waals surface area contributed by atoms with Crippen LogP contribution >= 0.6 is 0 Å². The van der Waals surface area contributed by atoms with Crippen LogP contribution in [0.25, 0.3) is 0 Å². The molecule has 0 saturated carbocycles. The fourth-order valence-electron chi connectivity index (χ4n) is 1.67. The molecule has 1 fully saturated rings. The highest BCUT2D eigenvalue weighted by Gasteiger charge is 2.37. The third-order valence-electron chi connectivity index (χ3n) is 2.61. The molecule has 0 spiro atoms. The molecule has 1 saturated heterocycles. The summed E-state index contributed by atoms with van der Waals surface area (Å²) < 4.78 is 0. The molecule has 1 aromatic heterocycles. The Balaban J connectivity index is 1.93. The third-order valence-corrected chi connectivity index (χ3v) is 2.61. The molecular weight excluding hydrogens is 238 g/mol. The van der Waals surface area contributed by atoms with E-state index < -0.39 is 23.8 Å². The van der Waals surface area contributed by atoms with E-state index in [2.05, 4.69) is 15.8 Å². The van der Waals surface area contributed by atoms with Gasteiger partial charge in [0.1, 0.15) is 5.92 Å². The van der Waals surface area contributed by atoms with Crippen molar-refractivity contribution in [1.82, 2.24) is 15.8 Å². The van der Waals surface area contributed by atoms with Crippen LogP contribution in [0.15, 0.2) is 24.5 Å². The van der Waals surface area contributed by atoms with Gasteiger partial charge in [-0.3, -0.25) is 14.6 Å². The summed E-state index contributed by atoms with van der Waals surface area (Å²) in [6.45, 7) is 0.370. The van der Waals surface area contributed by atoms with Crippen molar-refractivity contribution in [2.75, 3.05) is 6.54 Å². The second-order valence-electron chi connectivity index (χ2n) is 3.88. The molecule has 0 bridgehead atoms. The zero-order valence-corrected chi connectivity index (χ0v) is 9.50. The van der Waals surface area contributed by atoms with Crippen LogP contribution in [0.2, 0.25) is 0 Å². The summed E-state index contributed by atoms with van der Waals surface area (Å²) in [5.74, 6) is -1.91. The van der Waals surface area contributed by atoms with Crippen LogP contribution in [-0.2, 0) is 9.59 Å². The number of carbonyl (C=O) groups is 2. The average Bonchev–Trinajstić information content (AvgIpc) is 2.37. The quantitative estimate of drug-likeness (QED) is 0.472. The van der Waals surface area contributed by atoms with E-state index in [-0.39, 0.29) is 0 Å². The SMILES string of the molecule is O=C1NCCC(O)C1C(=O)NOc1ccncc1. The summed E-state index contributed by atoms with van der Waals surface area (Å²) in [5, 5.41) is 12.1. The fraction of sp³-hybridized carbons (Fsp3) is 0.364. The summed E-state index contributed by atoms with van der Waals surface area (Å²) in [6, 6.07) is 3.11. The van der Waals surface area contributed by atoms with Crippen LogP contribution in [0.1, 0.15) is 6.42 Å². The molecule has 7 nitrogen and oxygen atoms in total. The minimum Gasteiger partial charge on any atom is -0.392 e. The van der Waals surface area contributed by atoms with Crippen LogP contribution in [0, 0.1) is 5.92 Å². The largest absolute Gasteiger partial charge is 0.392 e. The maximum absolute atomic E-state index is 11.7. The number of hydrogen-bond donors (Lipinski definition) is 3. The van der Waals surface area contributed by atoms with Crippen molar-refractivity contribution in [3.05, 3.63) is 24.5 Å². The van der Waals surface area contributed by atoms with E-state index in [4.69, 9.17) is 4.84 Å². The zero-order chi connectivity index (χ0) is 13.0. The Morgan fingerprint density at radius 1 is 1.50 bits per heavy atom. The Morgan fingerprint density at radius 2 is 2.22 bits per heavy atom. The fourth-order valence-corrected chi connectivity index (χ4v) is 1.67. The molecule has 7 heteroatoms. The highest BCUT2D eigenvalue weighted by Crippen LogP contribution is 2.13. The van der Waals surface area contributed by atoms with Crippen molar-refractivity contribution in [1.29, 1.82) is 0 Å². The molecule has 0 aromatic carbocycles. The van der Waals surface area contributed by atoms with Gasteiger partial charge in [0.05, 0.1) is 6.10 Å². The van der Waals surface area contributed by atoms with Gasteiger partial charge < -0.3 is 15.3 Å². The molecule has 1 aromatic rings. The van der Waals surface area contributed by atoms with Gasteiger partial charge in [0.2, 0.25) is 5.91 Å². The molecule has 3 N–H and O–H groups in total. The number of nitrogens with one attached hydrogen (secondary N) is 2. The summed E-state index contributed by atoms with van der Waals surface area (Å²) in [4.78, 5) is 32.0. The van der Waals surface area contributed by atoms with Crippen LogP contribution in [0.4, 0.5) is 0 Å². The maximum Gasteiger partial charge on any atom is 0.267 e. The minimum absolute atomic E-state index is 0.346. The van der Waals surface area contributed by atoms with E-state index in [1.807, 2.05) is 0 Å². The molecule has 2 heterocycles. The number of rotatable bonds is 3. The number of carbonyl (C=O) groups excluding carboxylic acids is 2. The van der Waals surface area contributed by atoms with Gasteiger partial charge in [0.25, 0.3) is 5.91 Å². The van der Waals surface area contributed by atoms with Gasteiger partial charge >= 0.3 is 0 Å². The molecule has 0 radical (unpaired) electrons. The molecule has 1 aliphatic heterocycles. The van der Waals surface area contributed by atoms with E-state index in [1.54, 1.807) is 12.1 Å². The highest BCUT2D eigenvalue weighted by molar-refractivity contribution is 6.01. The van der Waals surface area contributed by atoms with E-state index in [0.29, 0.717) is 18.7 Å². The van der Waals surface area contributed by atoms with Crippen LogP contribution in [-0.4, -0.2) is 34.6 Å². The van der Waals surface area contributed by atoms with Crippen molar-refractivity contribution < 1.29 is 19.5 Å². The number of nitrogens with zero attached hydrogens (tertiary/aromatic N) is 1. The number of aromatic nitrogens is 1. The topological polar surface area (TPSA) is 101 Å². The van der Waals surface area contributed by atoms with Gasteiger partial charge in [0.15, 0.2) is 5.75 Å². The van der Waals surface area contributed by atoms with E-state index in [1.165, 1.54) is 12.4 Å². The zero-order valence-electron chi connectivity index (χ0n) is 9.50. The molecule has 18 heavy (non-hydrogen) atoms. The number of aliphatic hydroxyl groups is 1. The first-order valence-electron chi connectivity index (χ1n) is 5.51. The van der Waals surface area contributed by atoms with Gasteiger partial charge in [-0.25, -0.2) is 0 Å². The van der Waals surface area contributed by atoms with Crippen LogP contribution < -0.4 is 15.6 Å². The van der Waals surface area contributed by atoms with E-state index >= 15 is 0 Å². The molecule has 0 aliphatic carbocycles. The normalized spacial score (nSPS) is 23.1. The van der Waals surface area contributed by atoms with Gasteiger partial charge in [-0.05, 0) is 6.42 Å². The first kappa shape index (κ1) is 12.3. The molecule has 2 amide bonds. The molecule has 2 atom stereocenters. The molecular formula is C11H13N3O4. The van der Waals surface area contributed by atoms with Crippen LogP contribution in [0.5, 0.6) is 5.75 Å². The number of pyridine rings is 1. The standard InChI is InChI=1S/C11H13N3O4/c15-8-3-6-13-10(16)9(8)11(17)14-18-7-1-4-12-5-2-7/h1-2,4-5,8-9,15H,3,6H2,(H,13,16)(H,14,17). The molecule has 1 aliphatic rings. The number of piperidine rings is 1. The third kappa shape index (κ3) is 2.75. The lowest BCUT2D eigenvalue weighted by molar-refractivity contribution is -0.146. The van der Waals surface area contributed by atoms with Crippen molar-refractivity contribution in [2.45, 2.75) is 12.5 Å². The predicted octanol–water partition coefficient (Wildman–Crippen LogP) is -1.01. The van der Waals surface area contributed by atoms with Gasteiger partial charge in [-0.15, -0.1) is 0 Å². The number of hydrogen-bond acceptors (Lipinski definition) is 5. The van der Waals surface area contributed by atoms with E-state index in [0.717, 1.165) is 0 Å². The van der Waals surface area contributed by atoms with Crippen molar-refractivity contribution in [3.8, 4) is 5.75 Å². The first-order chi connectivity index (χ1) is 8.68. The Morgan fingerprint density at radius 3 is 2.89 bits per heavy atom. The lowest BCUT2D eigenvalue weighted by Crippen LogP contribution is -2.52. The number of amides is 2. The summed E-state index contributed by atoms with van der Waals surface area (Å²) in [7, 11) is 0.